The minimum Gasteiger partial charge on any atom is -0.322 e. The first-order chi connectivity index (χ1) is 19.3. The molecule has 2 N–H and O–H groups in total. The molecule has 0 unspecified atom stereocenters. The van der Waals surface area contributed by atoms with Gasteiger partial charge in [-0.05, 0) is 110 Å². The van der Waals surface area contributed by atoms with Gasteiger partial charge in [0, 0.05) is 23.5 Å². The lowest BCUT2D eigenvalue weighted by molar-refractivity contribution is 0.102. The second kappa shape index (κ2) is 12.5. The molecule has 0 saturated carbocycles. The number of carbonyl (C=O) groups excluding carboxylic acids is 1. The van der Waals surface area contributed by atoms with Crippen LogP contribution in [0.1, 0.15) is 39.9 Å². The number of carbonyl (C=O) groups is 1. The van der Waals surface area contributed by atoms with Crippen LogP contribution in [0, 0.1) is 12.8 Å². The number of sulfonamides is 1. The zero-order chi connectivity index (χ0) is 28.0. The van der Waals surface area contributed by atoms with Crippen molar-refractivity contribution in [3.05, 3.63) is 125 Å². The van der Waals surface area contributed by atoms with Gasteiger partial charge in [-0.15, -0.1) is 0 Å². The number of nitrogens with zero attached hydrogens (tertiary/aromatic N) is 1. The van der Waals surface area contributed by atoms with Crippen LogP contribution >= 0.6 is 0 Å². The molecule has 1 aliphatic heterocycles. The zero-order valence-corrected chi connectivity index (χ0v) is 23.5. The van der Waals surface area contributed by atoms with E-state index in [2.05, 4.69) is 45.3 Å². The SMILES string of the molecule is Cc1cccc(NS(=O)(=O)c2ccc(NC(=O)c3ccc(CN4CCC(Cc5ccccc5)CC4)cc3)cc2)c1. The summed E-state index contributed by atoms with van der Waals surface area (Å²) in [5, 5.41) is 2.86. The average molecular weight is 554 g/mol. The number of rotatable bonds is 9. The fourth-order valence-corrected chi connectivity index (χ4v) is 6.21. The first-order valence-electron chi connectivity index (χ1n) is 13.7. The molecule has 0 atom stereocenters. The lowest BCUT2D eigenvalue weighted by Crippen LogP contribution is -2.33. The van der Waals surface area contributed by atoms with Gasteiger partial charge in [-0.2, -0.15) is 0 Å². The Morgan fingerprint density at radius 1 is 0.800 bits per heavy atom. The molecular weight excluding hydrogens is 518 g/mol. The van der Waals surface area contributed by atoms with E-state index in [0.717, 1.165) is 37.5 Å². The number of nitrogens with one attached hydrogen (secondary N) is 2. The topological polar surface area (TPSA) is 78.5 Å². The van der Waals surface area contributed by atoms with Crippen LogP contribution in [0.15, 0.2) is 108 Å². The van der Waals surface area contributed by atoms with Gasteiger partial charge >= 0.3 is 0 Å². The van der Waals surface area contributed by atoms with Gasteiger partial charge < -0.3 is 5.32 Å². The molecule has 5 rings (SSSR count). The van der Waals surface area contributed by atoms with E-state index in [4.69, 9.17) is 0 Å². The summed E-state index contributed by atoms with van der Waals surface area (Å²) in [6.45, 7) is 4.96. The highest BCUT2D eigenvalue weighted by atomic mass is 32.2. The molecule has 0 radical (unpaired) electrons. The summed E-state index contributed by atoms with van der Waals surface area (Å²) < 4.78 is 28.1. The molecule has 0 aliphatic carbocycles. The summed E-state index contributed by atoms with van der Waals surface area (Å²) in [6, 6.07) is 31.8. The predicted molar refractivity (Wildman–Crippen MR) is 161 cm³/mol. The standard InChI is InChI=1S/C33H35N3O3S/c1-25-6-5-9-31(22-25)35-40(38,39)32-16-14-30(15-17-32)34-33(37)29-12-10-28(11-13-29)24-36-20-18-27(19-21-36)23-26-7-3-2-4-8-26/h2-17,22,27,35H,18-21,23-24H2,1H3,(H,34,37). The third-order valence-corrected chi connectivity index (χ3v) is 8.79. The number of aryl methyl sites for hydroxylation is 1. The van der Waals surface area contributed by atoms with Crippen molar-refractivity contribution in [2.24, 2.45) is 5.92 Å². The molecule has 7 heteroatoms. The molecule has 40 heavy (non-hydrogen) atoms. The Labute approximate surface area is 237 Å². The van der Waals surface area contributed by atoms with Gasteiger partial charge in [-0.3, -0.25) is 14.4 Å². The summed E-state index contributed by atoms with van der Waals surface area (Å²) in [4.78, 5) is 15.4. The van der Waals surface area contributed by atoms with E-state index >= 15 is 0 Å². The van der Waals surface area contributed by atoms with E-state index in [1.807, 2.05) is 37.3 Å². The van der Waals surface area contributed by atoms with Gasteiger partial charge in [-0.1, -0.05) is 54.6 Å². The maximum atomic E-state index is 12.8. The molecule has 206 valence electrons. The number of amides is 1. The van der Waals surface area contributed by atoms with E-state index in [1.165, 1.54) is 36.1 Å². The number of hydrogen-bond donors (Lipinski definition) is 2. The highest BCUT2D eigenvalue weighted by molar-refractivity contribution is 7.92. The molecule has 1 saturated heterocycles. The Bertz CT molecular complexity index is 1530. The van der Waals surface area contributed by atoms with Gasteiger partial charge in [0.05, 0.1) is 4.90 Å². The monoisotopic (exact) mass is 553 g/mol. The maximum absolute atomic E-state index is 12.8. The Morgan fingerprint density at radius 2 is 1.50 bits per heavy atom. The Morgan fingerprint density at radius 3 is 2.17 bits per heavy atom. The minimum absolute atomic E-state index is 0.125. The molecule has 4 aromatic rings. The molecule has 0 aromatic heterocycles. The lowest BCUT2D eigenvalue weighted by atomic mass is 9.90. The van der Waals surface area contributed by atoms with Crippen molar-refractivity contribution >= 4 is 27.3 Å². The van der Waals surface area contributed by atoms with E-state index < -0.39 is 10.0 Å². The predicted octanol–water partition coefficient (Wildman–Crippen LogP) is 6.50. The fraction of sp³-hybridized carbons (Fsp3) is 0.242. The molecule has 1 amide bonds. The number of benzene rings is 4. The summed E-state index contributed by atoms with van der Waals surface area (Å²) in [6.07, 6.45) is 3.57. The van der Waals surface area contributed by atoms with Crippen LogP contribution < -0.4 is 10.0 Å². The van der Waals surface area contributed by atoms with Crippen LogP contribution in [0.4, 0.5) is 11.4 Å². The van der Waals surface area contributed by atoms with Gasteiger partial charge in [0.15, 0.2) is 0 Å². The van der Waals surface area contributed by atoms with Crippen LogP contribution in [-0.2, 0) is 23.0 Å². The number of likely N-dealkylation sites (tertiary alicyclic amines) is 1. The third-order valence-electron chi connectivity index (χ3n) is 7.39. The Kier molecular flexibility index (Phi) is 8.63. The van der Waals surface area contributed by atoms with Crippen molar-refractivity contribution in [1.29, 1.82) is 0 Å². The molecule has 1 heterocycles. The van der Waals surface area contributed by atoms with E-state index in [1.54, 1.807) is 30.3 Å². The number of hydrogen-bond acceptors (Lipinski definition) is 4. The van der Waals surface area contributed by atoms with Crippen LogP contribution in [0.25, 0.3) is 0 Å². The number of piperidine rings is 1. The van der Waals surface area contributed by atoms with Crippen molar-refractivity contribution < 1.29 is 13.2 Å². The normalized spacial score (nSPS) is 14.5. The summed E-state index contributed by atoms with van der Waals surface area (Å²) >= 11 is 0. The average Bonchev–Trinajstić information content (AvgIpc) is 2.95. The van der Waals surface area contributed by atoms with Crippen molar-refractivity contribution in [3.8, 4) is 0 Å². The second-order valence-electron chi connectivity index (χ2n) is 10.6. The van der Waals surface area contributed by atoms with Gasteiger partial charge in [0.2, 0.25) is 0 Å². The summed E-state index contributed by atoms with van der Waals surface area (Å²) in [5.74, 6) is 0.505. The van der Waals surface area contributed by atoms with Crippen LogP contribution in [0.2, 0.25) is 0 Å². The molecule has 0 spiro atoms. The van der Waals surface area contributed by atoms with Gasteiger partial charge in [0.1, 0.15) is 0 Å². The van der Waals surface area contributed by atoms with E-state index in [0.29, 0.717) is 16.9 Å². The lowest BCUT2D eigenvalue weighted by Gasteiger charge is -2.32. The summed E-state index contributed by atoms with van der Waals surface area (Å²) in [5.41, 5.74) is 5.17. The van der Waals surface area contributed by atoms with Crippen molar-refractivity contribution in [1.82, 2.24) is 4.90 Å². The van der Waals surface area contributed by atoms with Crippen molar-refractivity contribution in [3.63, 3.8) is 0 Å². The molecule has 1 fully saturated rings. The largest absolute Gasteiger partial charge is 0.322 e. The summed E-state index contributed by atoms with van der Waals surface area (Å²) in [7, 11) is -3.73. The smallest absolute Gasteiger partial charge is 0.261 e. The van der Waals surface area contributed by atoms with Crippen molar-refractivity contribution in [2.75, 3.05) is 23.1 Å². The van der Waals surface area contributed by atoms with Crippen molar-refractivity contribution in [2.45, 2.75) is 37.6 Å². The van der Waals surface area contributed by atoms with Crippen LogP contribution in [-0.4, -0.2) is 32.3 Å². The molecular formula is C33H35N3O3S. The van der Waals surface area contributed by atoms with Gasteiger partial charge in [0.25, 0.3) is 15.9 Å². The minimum atomic E-state index is -3.73. The fourth-order valence-electron chi connectivity index (χ4n) is 5.16. The number of anilines is 2. The maximum Gasteiger partial charge on any atom is 0.261 e. The molecule has 1 aliphatic rings. The highest BCUT2D eigenvalue weighted by Gasteiger charge is 2.20. The highest BCUT2D eigenvalue weighted by Crippen LogP contribution is 2.23. The molecule has 0 bridgehead atoms. The van der Waals surface area contributed by atoms with Gasteiger partial charge in [-0.25, -0.2) is 8.42 Å². The second-order valence-corrected chi connectivity index (χ2v) is 12.2. The van der Waals surface area contributed by atoms with Crippen LogP contribution in [0.5, 0.6) is 0 Å². The zero-order valence-electron chi connectivity index (χ0n) is 22.7. The molecule has 6 nitrogen and oxygen atoms in total. The quantitative estimate of drug-likeness (QED) is 0.248. The first-order valence-corrected chi connectivity index (χ1v) is 15.2. The molecule has 4 aromatic carbocycles. The van der Waals surface area contributed by atoms with E-state index in [-0.39, 0.29) is 10.8 Å². The Hall–Kier alpha value is -3.94. The van der Waals surface area contributed by atoms with Crippen LogP contribution in [0.3, 0.4) is 0 Å². The first kappa shape index (κ1) is 27.6. The van der Waals surface area contributed by atoms with E-state index in [9.17, 15) is 13.2 Å². The third kappa shape index (κ3) is 7.37. The Balaban J connectivity index is 1.11.